The number of carbonyl (C=O) groups excluding carboxylic acids is 1. The van der Waals surface area contributed by atoms with Gasteiger partial charge in [0.1, 0.15) is 5.75 Å². The normalized spacial score (nSPS) is 11.7. The molecule has 0 fully saturated rings. The summed E-state index contributed by atoms with van der Waals surface area (Å²) in [7, 11) is 0. The molecule has 1 atom stereocenters. The number of nitrogens with one attached hydrogen (secondary N) is 1. The van der Waals surface area contributed by atoms with Gasteiger partial charge in [-0.3, -0.25) is 9.59 Å². The van der Waals surface area contributed by atoms with Crippen molar-refractivity contribution in [3.8, 4) is 5.75 Å². The Hall–Kier alpha value is -2.04. The van der Waals surface area contributed by atoms with Crippen LogP contribution in [0.5, 0.6) is 5.75 Å². The van der Waals surface area contributed by atoms with Crippen LogP contribution in [0.25, 0.3) is 0 Å². The average Bonchev–Trinajstić information content (AvgIpc) is 2.30. The summed E-state index contributed by atoms with van der Waals surface area (Å²) >= 11 is 0. The Morgan fingerprint density at radius 3 is 2.63 bits per heavy atom. The van der Waals surface area contributed by atoms with E-state index in [0.717, 1.165) is 5.56 Å². The predicted octanol–water partition coefficient (Wildman–Crippen LogP) is 2.62. The lowest BCUT2D eigenvalue weighted by Gasteiger charge is -2.15. The van der Waals surface area contributed by atoms with E-state index in [1.54, 1.807) is 12.1 Å². The van der Waals surface area contributed by atoms with E-state index in [4.69, 9.17) is 9.84 Å². The summed E-state index contributed by atoms with van der Waals surface area (Å²) in [4.78, 5) is 21.9. The first kappa shape index (κ1) is 15.0. The molecule has 2 N–H and O–H groups in total. The van der Waals surface area contributed by atoms with Gasteiger partial charge >= 0.3 is 5.97 Å². The highest BCUT2D eigenvalue weighted by atomic mass is 16.5. The quantitative estimate of drug-likeness (QED) is 0.829. The summed E-state index contributed by atoms with van der Waals surface area (Å²) in [5.41, 5.74) is 1.43. The van der Waals surface area contributed by atoms with Gasteiger partial charge in [-0.2, -0.15) is 0 Å². The maximum Gasteiger partial charge on any atom is 0.303 e. The fraction of sp³-hybridized carbons (Fsp3) is 0.429. The van der Waals surface area contributed by atoms with Gasteiger partial charge in [0.25, 0.3) is 0 Å². The van der Waals surface area contributed by atoms with Gasteiger partial charge in [-0.05, 0) is 30.5 Å². The second kappa shape index (κ2) is 6.78. The minimum atomic E-state index is -0.845. The molecule has 0 aliphatic rings. The molecule has 0 saturated heterocycles. The summed E-state index contributed by atoms with van der Waals surface area (Å²) in [6.45, 7) is 5.61. The van der Waals surface area contributed by atoms with Crippen molar-refractivity contribution in [2.45, 2.75) is 33.1 Å². The maximum atomic E-state index is 11.2. The fourth-order valence-electron chi connectivity index (χ4n) is 1.80. The van der Waals surface area contributed by atoms with Crippen molar-refractivity contribution in [3.05, 3.63) is 23.8 Å². The van der Waals surface area contributed by atoms with Gasteiger partial charge in [0.2, 0.25) is 5.91 Å². The summed E-state index contributed by atoms with van der Waals surface area (Å²) in [6.07, 6.45) is 0.0491. The lowest BCUT2D eigenvalue weighted by Crippen LogP contribution is -2.09. The predicted molar refractivity (Wildman–Crippen MR) is 72.6 cm³/mol. The van der Waals surface area contributed by atoms with Gasteiger partial charge < -0.3 is 15.2 Å². The molecule has 0 aromatic heterocycles. The van der Waals surface area contributed by atoms with E-state index >= 15 is 0 Å². The average molecular weight is 265 g/mol. The van der Waals surface area contributed by atoms with Crippen LogP contribution in [0.1, 0.15) is 38.7 Å². The van der Waals surface area contributed by atoms with E-state index in [2.05, 4.69) is 5.32 Å². The number of rotatable bonds is 6. The zero-order valence-electron chi connectivity index (χ0n) is 11.4. The largest absolute Gasteiger partial charge is 0.492 e. The van der Waals surface area contributed by atoms with Crippen LogP contribution < -0.4 is 10.1 Å². The maximum absolute atomic E-state index is 11.2. The highest BCUT2D eigenvalue weighted by Crippen LogP contribution is 2.30. The second-order valence-electron chi connectivity index (χ2n) is 4.37. The molecule has 0 aliphatic carbocycles. The Kier molecular flexibility index (Phi) is 5.36. The number of hydrogen-bond donors (Lipinski definition) is 2. The number of carbonyl (C=O) groups is 2. The Balaban J connectivity index is 3.02. The number of hydrogen-bond acceptors (Lipinski definition) is 3. The number of aliphatic carboxylic acids is 1. The van der Waals surface area contributed by atoms with E-state index in [1.807, 2.05) is 19.9 Å². The SMILES string of the molecule is CCOc1ccc(C(C)CC(=O)O)cc1NC(C)=O. The first-order chi connectivity index (χ1) is 8.93. The summed E-state index contributed by atoms with van der Waals surface area (Å²) in [6, 6.07) is 5.34. The highest BCUT2D eigenvalue weighted by Gasteiger charge is 2.13. The molecule has 1 aromatic carbocycles. The molecular formula is C14H19NO4. The minimum Gasteiger partial charge on any atom is -0.492 e. The number of ether oxygens (including phenoxy) is 1. The first-order valence-corrected chi connectivity index (χ1v) is 6.20. The minimum absolute atomic E-state index is 0.0491. The molecule has 0 spiro atoms. The van der Waals surface area contributed by atoms with Crippen LogP contribution in [0.2, 0.25) is 0 Å². The Morgan fingerprint density at radius 2 is 2.11 bits per heavy atom. The van der Waals surface area contributed by atoms with Crippen LogP contribution >= 0.6 is 0 Å². The van der Waals surface area contributed by atoms with Gasteiger partial charge in [-0.1, -0.05) is 13.0 Å². The van der Waals surface area contributed by atoms with Crippen molar-refractivity contribution >= 4 is 17.6 Å². The summed E-state index contributed by atoms with van der Waals surface area (Å²) in [5.74, 6) is -0.573. The van der Waals surface area contributed by atoms with E-state index < -0.39 is 5.97 Å². The molecule has 0 bridgehead atoms. The molecule has 1 amide bonds. The third-order valence-corrected chi connectivity index (χ3v) is 2.66. The van der Waals surface area contributed by atoms with Crippen LogP contribution in [-0.2, 0) is 9.59 Å². The van der Waals surface area contributed by atoms with Crippen LogP contribution in [-0.4, -0.2) is 23.6 Å². The molecular weight excluding hydrogens is 246 g/mol. The smallest absolute Gasteiger partial charge is 0.303 e. The van der Waals surface area contributed by atoms with Crippen molar-refractivity contribution in [2.75, 3.05) is 11.9 Å². The Morgan fingerprint density at radius 1 is 1.42 bits per heavy atom. The number of carboxylic acids is 1. The van der Waals surface area contributed by atoms with Crippen molar-refractivity contribution in [1.82, 2.24) is 0 Å². The second-order valence-corrected chi connectivity index (χ2v) is 4.37. The van der Waals surface area contributed by atoms with Gasteiger partial charge in [-0.25, -0.2) is 0 Å². The lowest BCUT2D eigenvalue weighted by atomic mass is 9.97. The molecule has 19 heavy (non-hydrogen) atoms. The first-order valence-electron chi connectivity index (χ1n) is 6.20. The zero-order valence-corrected chi connectivity index (χ0v) is 11.4. The van der Waals surface area contributed by atoms with Gasteiger partial charge in [-0.15, -0.1) is 0 Å². The van der Waals surface area contributed by atoms with Gasteiger partial charge in [0, 0.05) is 6.92 Å². The monoisotopic (exact) mass is 265 g/mol. The molecule has 104 valence electrons. The van der Waals surface area contributed by atoms with Crippen LogP contribution in [0.15, 0.2) is 18.2 Å². The third kappa shape index (κ3) is 4.62. The number of anilines is 1. The van der Waals surface area contributed by atoms with E-state index in [-0.39, 0.29) is 18.2 Å². The number of benzene rings is 1. The molecule has 1 aromatic rings. The molecule has 5 heteroatoms. The molecule has 1 unspecified atom stereocenters. The van der Waals surface area contributed by atoms with Crippen molar-refractivity contribution in [1.29, 1.82) is 0 Å². The van der Waals surface area contributed by atoms with E-state index in [1.165, 1.54) is 6.92 Å². The molecule has 0 radical (unpaired) electrons. The number of amides is 1. The lowest BCUT2D eigenvalue weighted by molar-refractivity contribution is -0.137. The van der Waals surface area contributed by atoms with Crippen molar-refractivity contribution in [3.63, 3.8) is 0 Å². The third-order valence-electron chi connectivity index (χ3n) is 2.66. The van der Waals surface area contributed by atoms with Gasteiger partial charge in [0.15, 0.2) is 0 Å². The van der Waals surface area contributed by atoms with Crippen LogP contribution in [0.4, 0.5) is 5.69 Å². The topological polar surface area (TPSA) is 75.6 Å². The van der Waals surface area contributed by atoms with E-state index in [9.17, 15) is 9.59 Å². The molecule has 5 nitrogen and oxygen atoms in total. The molecule has 0 aliphatic heterocycles. The molecule has 0 saturated carbocycles. The van der Waals surface area contributed by atoms with Crippen LogP contribution in [0.3, 0.4) is 0 Å². The van der Waals surface area contributed by atoms with E-state index in [0.29, 0.717) is 18.0 Å². The Labute approximate surface area is 112 Å². The van der Waals surface area contributed by atoms with Crippen LogP contribution in [0, 0.1) is 0 Å². The summed E-state index contributed by atoms with van der Waals surface area (Å²) in [5, 5.41) is 11.5. The van der Waals surface area contributed by atoms with Crippen molar-refractivity contribution < 1.29 is 19.4 Å². The highest BCUT2D eigenvalue weighted by molar-refractivity contribution is 5.90. The fourth-order valence-corrected chi connectivity index (χ4v) is 1.80. The molecule has 0 heterocycles. The zero-order chi connectivity index (χ0) is 14.4. The Bertz CT molecular complexity index is 471. The summed E-state index contributed by atoms with van der Waals surface area (Å²) < 4.78 is 5.42. The standard InChI is InChI=1S/C14H19NO4/c1-4-19-13-6-5-11(9(2)7-14(17)18)8-12(13)15-10(3)16/h5-6,8-9H,4,7H2,1-3H3,(H,15,16)(H,17,18). The van der Waals surface area contributed by atoms with Crippen molar-refractivity contribution in [2.24, 2.45) is 0 Å². The number of carboxylic acid groups (broad SMARTS) is 1. The molecule has 1 rings (SSSR count). The van der Waals surface area contributed by atoms with Gasteiger partial charge in [0.05, 0.1) is 18.7 Å².